The third kappa shape index (κ3) is 2.90. The second-order valence-corrected chi connectivity index (χ2v) is 4.78. The number of benzene rings is 2. The first-order chi connectivity index (χ1) is 8.06. The fraction of sp³-hybridized carbons (Fsp3) is 0. The monoisotopic (exact) mass is 314 g/mol. The van der Waals surface area contributed by atoms with Crippen molar-refractivity contribution in [1.82, 2.24) is 0 Å². The Morgan fingerprint density at radius 2 is 1.94 bits per heavy atom. The third-order valence-electron chi connectivity index (χ3n) is 2.21. The molecule has 2 rings (SSSR count). The predicted octanol–water partition coefficient (Wildman–Crippen LogP) is 4.57. The van der Waals surface area contributed by atoms with Crippen molar-refractivity contribution in [2.75, 3.05) is 11.1 Å². The Bertz CT molecular complexity index is 560. The van der Waals surface area contributed by atoms with Gasteiger partial charge in [0.1, 0.15) is 5.82 Å². The van der Waals surface area contributed by atoms with Gasteiger partial charge in [0.25, 0.3) is 0 Å². The number of nitrogen functional groups attached to an aromatic ring is 1. The molecule has 2 nitrogen and oxygen atoms in total. The van der Waals surface area contributed by atoms with Crippen molar-refractivity contribution < 1.29 is 4.39 Å². The fourth-order valence-corrected chi connectivity index (χ4v) is 1.94. The summed E-state index contributed by atoms with van der Waals surface area (Å²) in [5.41, 5.74) is 7.82. The number of rotatable bonds is 2. The largest absolute Gasteiger partial charge is 0.397 e. The van der Waals surface area contributed by atoms with Gasteiger partial charge in [0.05, 0.1) is 15.8 Å². The predicted molar refractivity (Wildman–Crippen MR) is 73.2 cm³/mol. The number of hydrogen-bond donors (Lipinski definition) is 2. The SMILES string of the molecule is Nc1cc(Cl)ccc1Nc1ccc(F)c(Br)c1. The van der Waals surface area contributed by atoms with E-state index in [1.807, 2.05) is 0 Å². The lowest BCUT2D eigenvalue weighted by Crippen LogP contribution is -1.96. The standard InChI is InChI=1S/C12H9BrClFN2/c13-9-6-8(2-3-10(9)15)17-12-4-1-7(14)5-11(12)16/h1-6,17H,16H2. The first kappa shape index (κ1) is 12.2. The van der Waals surface area contributed by atoms with Crippen molar-refractivity contribution in [3.05, 3.63) is 51.7 Å². The van der Waals surface area contributed by atoms with Gasteiger partial charge < -0.3 is 11.1 Å². The molecule has 0 unspecified atom stereocenters. The van der Waals surface area contributed by atoms with Gasteiger partial charge in [0, 0.05) is 10.7 Å². The van der Waals surface area contributed by atoms with Gasteiger partial charge in [0.15, 0.2) is 0 Å². The minimum Gasteiger partial charge on any atom is -0.397 e. The fourth-order valence-electron chi connectivity index (χ4n) is 1.38. The summed E-state index contributed by atoms with van der Waals surface area (Å²) in [5, 5.41) is 3.66. The molecule has 0 saturated heterocycles. The maximum absolute atomic E-state index is 13.1. The van der Waals surface area contributed by atoms with Gasteiger partial charge in [-0.15, -0.1) is 0 Å². The van der Waals surface area contributed by atoms with Crippen LogP contribution in [0.25, 0.3) is 0 Å². The Kier molecular flexibility index (Phi) is 3.54. The summed E-state index contributed by atoms with van der Waals surface area (Å²) in [7, 11) is 0. The highest BCUT2D eigenvalue weighted by Crippen LogP contribution is 2.28. The van der Waals surface area contributed by atoms with Crippen LogP contribution in [0.3, 0.4) is 0 Å². The molecule has 0 amide bonds. The topological polar surface area (TPSA) is 38.0 Å². The van der Waals surface area contributed by atoms with Gasteiger partial charge in [-0.05, 0) is 52.3 Å². The van der Waals surface area contributed by atoms with Gasteiger partial charge in [-0.25, -0.2) is 4.39 Å². The molecule has 0 aliphatic heterocycles. The molecule has 2 aromatic rings. The summed E-state index contributed by atoms with van der Waals surface area (Å²) in [5.74, 6) is -0.306. The highest BCUT2D eigenvalue weighted by atomic mass is 79.9. The molecule has 0 aromatic heterocycles. The van der Waals surface area contributed by atoms with Crippen LogP contribution in [0.2, 0.25) is 5.02 Å². The van der Waals surface area contributed by atoms with Crippen LogP contribution < -0.4 is 11.1 Å². The van der Waals surface area contributed by atoms with E-state index in [0.29, 0.717) is 15.2 Å². The summed E-state index contributed by atoms with van der Waals surface area (Å²) in [4.78, 5) is 0. The average molecular weight is 316 g/mol. The number of hydrogen-bond acceptors (Lipinski definition) is 2. The second-order valence-electron chi connectivity index (χ2n) is 3.49. The van der Waals surface area contributed by atoms with Gasteiger partial charge >= 0.3 is 0 Å². The zero-order valence-electron chi connectivity index (χ0n) is 8.68. The lowest BCUT2D eigenvalue weighted by molar-refractivity contribution is 0.621. The number of nitrogens with two attached hydrogens (primary N) is 1. The highest BCUT2D eigenvalue weighted by molar-refractivity contribution is 9.10. The lowest BCUT2D eigenvalue weighted by atomic mass is 10.2. The smallest absolute Gasteiger partial charge is 0.137 e. The molecule has 0 aliphatic rings. The molecular formula is C12H9BrClFN2. The van der Waals surface area contributed by atoms with E-state index in [1.54, 1.807) is 30.3 Å². The molecule has 0 radical (unpaired) electrons. The molecule has 0 fully saturated rings. The van der Waals surface area contributed by atoms with Crippen LogP contribution in [0.4, 0.5) is 21.5 Å². The highest BCUT2D eigenvalue weighted by Gasteiger charge is 2.03. The lowest BCUT2D eigenvalue weighted by Gasteiger charge is -2.10. The van der Waals surface area contributed by atoms with E-state index in [1.165, 1.54) is 6.07 Å². The molecule has 0 bridgehead atoms. The van der Waals surface area contributed by atoms with Crippen molar-refractivity contribution >= 4 is 44.6 Å². The average Bonchev–Trinajstić information content (AvgIpc) is 2.27. The first-order valence-corrected chi connectivity index (χ1v) is 6.00. The quantitative estimate of drug-likeness (QED) is 0.797. The van der Waals surface area contributed by atoms with Crippen LogP contribution in [-0.4, -0.2) is 0 Å². The Morgan fingerprint density at radius 3 is 2.59 bits per heavy atom. The van der Waals surface area contributed by atoms with Gasteiger partial charge in [-0.1, -0.05) is 11.6 Å². The number of halogens is 3. The first-order valence-electron chi connectivity index (χ1n) is 4.83. The van der Waals surface area contributed by atoms with E-state index < -0.39 is 0 Å². The van der Waals surface area contributed by atoms with E-state index in [-0.39, 0.29) is 5.82 Å². The Labute approximate surface area is 112 Å². The summed E-state index contributed by atoms with van der Waals surface area (Å²) in [6, 6.07) is 9.81. The van der Waals surface area contributed by atoms with Crippen molar-refractivity contribution in [2.45, 2.75) is 0 Å². The van der Waals surface area contributed by atoms with E-state index in [4.69, 9.17) is 17.3 Å². The van der Waals surface area contributed by atoms with E-state index in [0.717, 1.165) is 11.4 Å². The molecule has 3 N–H and O–H groups in total. The van der Waals surface area contributed by atoms with Crippen LogP contribution in [0.15, 0.2) is 40.9 Å². The molecule has 0 aliphatic carbocycles. The summed E-state index contributed by atoms with van der Waals surface area (Å²) < 4.78 is 13.5. The maximum atomic E-state index is 13.1. The van der Waals surface area contributed by atoms with Crippen LogP contribution in [-0.2, 0) is 0 Å². The normalized spacial score (nSPS) is 10.3. The van der Waals surface area contributed by atoms with Crippen molar-refractivity contribution in [3.8, 4) is 0 Å². The zero-order valence-corrected chi connectivity index (χ0v) is 11.0. The van der Waals surface area contributed by atoms with Crippen LogP contribution in [0.5, 0.6) is 0 Å². The van der Waals surface area contributed by atoms with Crippen molar-refractivity contribution in [1.29, 1.82) is 0 Å². The minimum atomic E-state index is -0.306. The zero-order chi connectivity index (χ0) is 12.4. The molecule has 17 heavy (non-hydrogen) atoms. The number of nitrogens with one attached hydrogen (secondary N) is 1. The van der Waals surface area contributed by atoms with Crippen molar-refractivity contribution in [2.24, 2.45) is 0 Å². The minimum absolute atomic E-state index is 0.306. The van der Waals surface area contributed by atoms with Crippen LogP contribution in [0, 0.1) is 5.82 Å². The maximum Gasteiger partial charge on any atom is 0.137 e. The van der Waals surface area contributed by atoms with E-state index in [2.05, 4.69) is 21.2 Å². The van der Waals surface area contributed by atoms with Gasteiger partial charge in [-0.2, -0.15) is 0 Å². The Hall–Kier alpha value is -1.26. The number of anilines is 3. The molecular weight excluding hydrogens is 307 g/mol. The van der Waals surface area contributed by atoms with Gasteiger partial charge in [0.2, 0.25) is 0 Å². The van der Waals surface area contributed by atoms with E-state index in [9.17, 15) is 4.39 Å². The summed E-state index contributed by atoms with van der Waals surface area (Å²) in [6.07, 6.45) is 0. The van der Waals surface area contributed by atoms with Crippen LogP contribution in [0.1, 0.15) is 0 Å². The molecule has 88 valence electrons. The molecule has 5 heteroatoms. The molecule has 0 saturated carbocycles. The van der Waals surface area contributed by atoms with Gasteiger partial charge in [-0.3, -0.25) is 0 Å². The second kappa shape index (κ2) is 4.94. The Morgan fingerprint density at radius 1 is 1.18 bits per heavy atom. The molecule has 0 spiro atoms. The molecule has 0 heterocycles. The van der Waals surface area contributed by atoms with E-state index >= 15 is 0 Å². The molecule has 0 atom stereocenters. The van der Waals surface area contributed by atoms with Crippen LogP contribution >= 0.6 is 27.5 Å². The van der Waals surface area contributed by atoms with Crippen molar-refractivity contribution in [3.63, 3.8) is 0 Å². The summed E-state index contributed by atoms with van der Waals surface area (Å²) in [6.45, 7) is 0. The summed E-state index contributed by atoms with van der Waals surface area (Å²) >= 11 is 8.92. The third-order valence-corrected chi connectivity index (χ3v) is 3.06. The molecule has 2 aromatic carbocycles. The Balaban J connectivity index is 2.28.